The average Bonchev–Trinajstić information content (AvgIpc) is 2.62. The fourth-order valence-corrected chi connectivity index (χ4v) is 2.12. The monoisotopic (exact) mass is 285 g/mol. The van der Waals surface area contributed by atoms with Crippen molar-refractivity contribution in [2.75, 3.05) is 6.54 Å². The third kappa shape index (κ3) is 5.02. The Labute approximate surface area is 118 Å². The topological polar surface area (TPSA) is 78.8 Å². The minimum atomic E-state index is -0.481. The molecule has 0 aromatic rings. The molecule has 0 saturated carbocycles. The van der Waals surface area contributed by atoms with Crippen LogP contribution in [0.2, 0.25) is 0 Å². The molecule has 0 spiro atoms. The van der Waals surface area contributed by atoms with Crippen molar-refractivity contribution in [1.29, 1.82) is 0 Å². The molecule has 1 fully saturated rings. The number of thiol groups is 1. The van der Waals surface area contributed by atoms with E-state index in [0.717, 1.165) is 6.42 Å². The van der Waals surface area contributed by atoms with Crippen LogP contribution in [0.25, 0.3) is 0 Å². The van der Waals surface area contributed by atoms with Crippen molar-refractivity contribution in [3.63, 3.8) is 0 Å². The number of rotatable bonds is 7. The molecule has 1 heterocycles. The Morgan fingerprint density at radius 3 is 2.79 bits per heavy atom. The Morgan fingerprint density at radius 1 is 1.47 bits per heavy atom. The molecule has 7 heteroatoms. The zero-order chi connectivity index (χ0) is 14.3. The number of amides is 3. The van der Waals surface area contributed by atoms with Gasteiger partial charge in [0.15, 0.2) is 0 Å². The van der Waals surface area contributed by atoms with Gasteiger partial charge in [-0.25, -0.2) is 5.43 Å². The van der Waals surface area contributed by atoms with Gasteiger partial charge in [-0.1, -0.05) is 6.42 Å². The van der Waals surface area contributed by atoms with E-state index in [4.69, 9.17) is 0 Å². The second-order valence-electron chi connectivity index (χ2n) is 4.34. The first-order valence-electron chi connectivity index (χ1n) is 6.35. The lowest BCUT2D eigenvalue weighted by atomic mass is 10.2. The highest BCUT2D eigenvalue weighted by atomic mass is 32.1. The summed E-state index contributed by atoms with van der Waals surface area (Å²) in [4.78, 5) is 35.5. The van der Waals surface area contributed by atoms with E-state index < -0.39 is 5.25 Å². The highest BCUT2D eigenvalue weighted by molar-refractivity contribution is 7.81. The summed E-state index contributed by atoms with van der Waals surface area (Å²) in [6.07, 6.45) is 4.32. The van der Waals surface area contributed by atoms with Crippen molar-refractivity contribution in [2.24, 2.45) is 5.10 Å². The second kappa shape index (κ2) is 7.93. The third-order valence-electron chi connectivity index (χ3n) is 2.82. The Bertz CT molecular complexity index is 384. The molecule has 1 saturated heterocycles. The lowest BCUT2D eigenvalue weighted by Gasteiger charge is -2.13. The van der Waals surface area contributed by atoms with Crippen LogP contribution in [0.1, 0.15) is 39.0 Å². The number of hydrazone groups is 1. The van der Waals surface area contributed by atoms with E-state index in [1.165, 1.54) is 11.1 Å². The molecular formula is C12H19N3O3S. The zero-order valence-corrected chi connectivity index (χ0v) is 11.9. The molecule has 0 radical (unpaired) electrons. The Hall–Kier alpha value is -1.37. The lowest BCUT2D eigenvalue weighted by Crippen LogP contribution is -2.31. The Balaban J connectivity index is 2.13. The predicted molar refractivity (Wildman–Crippen MR) is 74.9 cm³/mol. The zero-order valence-electron chi connectivity index (χ0n) is 11.0. The first kappa shape index (κ1) is 15.7. The van der Waals surface area contributed by atoms with Gasteiger partial charge in [0.05, 0.1) is 5.25 Å². The largest absolute Gasteiger partial charge is 0.282 e. The minimum Gasteiger partial charge on any atom is -0.282 e. The summed E-state index contributed by atoms with van der Waals surface area (Å²) in [6.45, 7) is 2.14. The Morgan fingerprint density at radius 2 is 2.21 bits per heavy atom. The van der Waals surface area contributed by atoms with Gasteiger partial charge < -0.3 is 0 Å². The molecular weight excluding hydrogens is 266 g/mol. The van der Waals surface area contributed by atoms with Gasteiger partial charge in [-0.05, 0) is 19.8 Å². The first-order valence-corrected chi connectivity index (χ1v) is 6.86. The Kier molecular flexibility index (Phi) is 6.55. The molecule has 3 amide bonds. The summed E-state index contributed by atoms with van der Waals surface area (Å²) in [5, 5.41) is 3.15. The SMILES string of the molecule is C/C=N/NC(=O)CCCCCN1C(=O)CC(S)C1=O. The number of carbonyl (C=O) groups excluding carboxylic acids is 3. The molecule has 0 aromatic carbocycles. The standard InChI is InChI=1S/C12H19N3O3S/c1-2-13-14-10(16)6-4-3-5-7-15-11(17)8-9(19)12(15)18/h2,9,19H,3-8H2,1H3,(H,14,16)/b13-2+. The van der Waals surface area contributed by atoms with Gasteiger partial charge in [0.1, 0.15) is 0 Å². The van der Waals surface area contributed by atoms with Crippen molar-refractivity contribution in [3.05, 3.63) is 0 Å². The second-order valence-corrected chi connectivity index (χ2v) is 4.96. The van der Waals surface area contributed by atoms with Crippen molar-refractivity contribution in [3.8, 4) is 0 Å². The fourth-order valence-electron chi connectivity index (χ4n) is 1.83. The van der Waals surface area contributed by atoms with Crippen molar-refractivity contribution >= 4 is 36.6 Å². The number of carbonyl (C=O) groups is 3. The third-order valence-corrected chi connectivity index (χ3v) is 3.23. The molecule has 19 heavy (non-hydrogen) atoms. The first-order chi connectivity index (χ1) is 9.06. The van der Waals surface area contributed by atoms with E-state index >= 15 is 0 Å². The molecule has 0 aliphatic carbocycles. The van der Waals surface area contributed by atoms with Crippen LogP contribution in [0.5, 0.6) is 0 Å². The molecule has 0 aromatic heterocycles. The molecule has 1 rings (SSSR count). The maximum atomic E-state index is 11.6. The van der Waals surface area contributed by atoms with Gasteiger partial charge in [-0.15, -0.1) is 0 Å². The number of unbranched alkanes of at least 4 members (excludes halogenated alkanes) is 2. The number of hydrogen-bond donors (Lipinski definition) is 2. The number of nitrogens with one attached hydrogen (secondary N) is 1. The summed E-state index contributed by atoms with van der Waals surface area (Å²) in [5.41, 5.74) is 2.39. The summed E-state index contributed by atoms with van der Waals surface area (Å²) >= 11 is 4.05. The number of hydrogen-bond acceptors (Lipinski definition) is 5. The number of imide groups is 1. The molecule has 1 aliphatic heterocycles. The minimum absolute atomic E-state index is 0.123. The summed E-state index contributed by atoms with van der Waals surface area (Å²) in [5.74, 6) is -0.481. The fraction of sp³-hybridized carbons (Fsp3) is 0.667. The van der Waals surface area contributed by atoms with Gasteiger partial charge in [-0.3, -0.25) is 19.3 Å². The van der Waals surface area contributed by atoms with Gasteiger partial charge in [-0.2, -0.15) is 17.7 Å². The summed E-state index contributed by atoms with van der Waals surface area (Å²) in [7, 11) is 0. The van der Waals surface area contributed by atoms with Crippen LogP contribution in [0.15, 0.2) is 5.10 Å². The number of nitrogens with zero attached hydrogens (tertiary/aromatic N) is 2. The van der Waals surface area contributed by atoms with Gasteiger partial charge in [0.2, 0.25) is 17.7 Å². The molecule has 6 nitrogen and oxygen atoms in total. The van der Waals surface area contributed by atoms with E-state index in [9.17, 15) is 14.4 Å². The molecule has 106 valence electrons. The van der Waals surface area contributed by atoms with E-state index in [2.05, 4.69) is 23.2 Å². The van der Waals surface area contributed by atoms with Crippen LogP contribution in [0, 0.1) is 0 Å². The van der Waals surface area contributed by atoms with E-state index in [1.807, 2.05) is 0 Å². The number of likely N-dealkylation sites (tertiary alicyclic amines) is 1. The van der Waals surface area contributed by atoms with Crippen LogP contribution in [-0.2, 0) is 14.4 Å². The van der Waals surface area contributed by atoms with Crippen molar-refractivity contribution < 1.29 is 14.4 Å². The van der Waals surface area contributed by atoms with E-state index in [0.29, 0.717) is 25.8 Å². The highest BCUT2D eigenvalue weighted by Crippen LogP contribution is 2.18. The van der Waals surface area contributed by atoms with E-state index in [1.54, 1.807) is 6.92 Å². The normalized spacial score (nSPS) is 19.5. The summed E-state index contributed by atoms with van der Waals surface area (Å²) in [6, 6.07) is 0. The van der Waals surface area contributed by atoms with Crippen LogP contribution < -0.4 is 5.43 Å². The molecule has 1 aliphatic rings. The molecule has 1 N–H and O–H groups in total. The van der Waals surface area contributed by atoms with Crippen LogP contribution in [0.3, 0.4) is 0 Å². The maximum Gasteiger partial charge on any atom is 0.242 e. The smallest absolute Gasteiger partial charge is 0.242 e. The van der Waals surface area contributed by atoms with Crippen molar-refractivity contribution in [1.82, 2.24) is 10.3 Å². The van der Waals surface area contributed by atoms with Crippen LogP contribution in [-0.4, -0.2) is 40.6 Å². The maximum absolute atomic E-state index is 11.6. The van der Waals surface area contributed by atoms with Crippen molar-refractivity contribution in [2.45, 2.75) is 44.3 Å². The van der Waals surface area contributed by atoms with E-state index in [-0.39, 0.29) is 24.1 Å². The van der Waals surface area contributed by atoms with Gasteiger partial charge in [0.25, 0.3) is 0 Å². The van der Waals surface area contributed by atoms with Gasteiger partial charge in [0, 0.05) is 25.6 Å². The molecule has 0 bridgehead atoms. The van der Waals surface area contributed by atoms with Crippen LogP contribution in [0.4, 0.5) is 0 Å². The quantitative estimate of drug-likeness (QED) is 0.238. The van der Waals surface area contributed by atoms with Crippen LogP contribution >= 0.6 is 12.6 Å². The highest BCUT2D eigenvalue weighted by Gasteiger charge is 2.35. The molecule has 1 unspecified atom stereocenters. The molecule has 1 atom stereocenters. The predicted octanol–water partition coefficient (Wildman–Crippen LogP) is 0.726. The average molecular weight is 285 g/mol. The summed E-state index contributed by atoms with van der Waals surface area (Å²) < 4.78 is 0. The lowest BCUT2D eigenvalue weighted by molar-refractivity contribution is -0.138. The van der Waals surface area contributed by atoms with Gasteiger partial charge >= 0.3 is 0 Å².